The van der Waals surface area contributed by atoms with Crippen molar-refractivity contribution in [3.8, 4) is 5.75 Å². The minimum Gasteiger partial charge on any atom is -0.482 e. The largest absolute Gasteiger partial charge is 0.482 e. The molecular weight excluding hydrogens is 361 g/mol. The van der Waals surface area contributed by atoms with E-state index in [1.807, 2.05) is 13.8 Å². The van der Waals surface area contributed by atoms with Gasteiger partial charge in [0.05, 0.1) is 5.02 Å². The van der Waals surface area contributed by atoms with E-state index in [0.717, 1.165) is 6.42 Å². The lowest BCUT2D eigenvalue weighted by atomic mass is 10.2. The van der Waals surface area contributed by atoms with Crippen LogP contribution in [0.25, 0.3) is 0 Å². The summed E-state index contributed by atoms with van der Waals surface area (Å²) in [6.07, 6.45) is 0.792. The zero-order valence-electron chi connectivity index (χ0n) is 11.3. The molecule has 5 nitrogen and oxygen atoms in total. The van der Waals surface area contributed by atoms with Crippen molar-refractivity contribution < 1.29 is 17.9 Å². The number of nitrogens with one attached hydrogen (secondary N) is 1. The normalized spacial score (nSPS) is 12.8. The van der Waals surface area contributed by atoms with Crippen molar-refractivity contribution in [1.29, 1.82) is 0 Å². The molecule has 1 aromatic rings. The van der Waals surface area contributed by atoms with Crippen LogP contribution in [-0.2, 0) is 13.8 Å². The maximum absolute atomic E-state index is 11.6. The van der Waals surface area contributed by atoms with Gasteiger partial charge >= 0.3 is 0 Å². The molecule has 1 amide bonds. The number of carbonyl (C=O) groups is 1. The van der Waals surface area contributed by atoms with Crippen molar-refractivity contribution >= 4 is 48.8 Å². The average molecular weight is 375 g/mol. The fourth-order valence-electron chi connectivity index (χ4n) is 1.38. The van der Waals surface area contributed by atoms with Gasteiger partial charge in [0.15, 0.2) is 6.61 Å². The topological polar surface area (TPSA) is 72.5 Å². The van der Waals surface area contributed by atoms with Crippen molar-refractivity contribution in [3.63, 3.8) is 0 Å². The van der Waals surface area contributed by atoms with Crippen LogP contribution < -0.4 is 10.1 Å². The molecule has 1 N–H and O–H groups in total. The van der Waals surface area contributed by atoms with Crippen LogP contribution in [0.2, 0.25) is 10.0 Å². The van der Waals surface area contributed by atoms with E-state index in [2.05, 4.69) is 5.32 Å². The SMILES string of the molecule is CCC(C)NC(=O)COc1ccc(S(=O)(=O)Cl)c(Cl)c1Cl. The molecule has 118 valence electrons. The molecule has 0 saturated carbocycles. The third-order valence-corrected chi connectivity index (χ3v) is 4.99. The summed E-state index contributed by atoms with van der Waals surface area (Å²) in [5, 5.41) is 2.35. The van der Waals surface area contributed by atoms with Crippen molar-refractivity contribution in [2.45, 2.75) is 31.2 Å². The highest BCUT2D eigenvalue weighted by atomic mass is 35.7. The van der Waals surface area contributed by atoms with Crippen LogP contribution >= 0.6 is 33.9 Å². The molecule has 0 aliphatic carbocycles. The Morgan fingerprint density at radius 1 is 1.33 bits per heavy atom. The van der Waals surface area contributed by atoms with E-state index >= 15 is 0 Å². The molecule has 1 aromatic carbocycles. The van der Waals surface area contributed by atoms with Crippen LogP contribution in [0.15, 0.2) is 17.0 Å². The first kappa shape index (κ1) is 18.4. The van der Waals surface area contributed by atoms with Crippen LogP contribution in [0, 0.1) is 0 Å². The van der Waals surface area contributed by atoms with E-state index < -0.39 is 9.05 Å². The van der Waals surface area contributed by atoms with Gasteiger partial charge in [0, 0.05) is 16.7 Å². The first-order valence-corrected chi connectivity index (χ1v) is 9.08. The minimum absolute atomic E-state index is 0.0314. The zero-order chi connectivity index (χ0) is 16.2. The fraction of sp³-hybridized carbons (Fsp3) is 0.417. The summed E-state index contributed by atoms with van der Waals surface area (Å²) in [5.41, 5.74) is 0. The van der Waals surface area contributed by atoms with Gasteiger partial charge in [0.25, 0.3) is 15.0 Å². The number of carbonyl (C=O) groups excluding carboxylic acids is 1. The smallest absolute Gasteiger partial charge is 0.262 e. The van der Waals surface area contributed by atoms with Gasteiger partial charge in [-0.15, -0.1) is 0 Å². The predicted molar refractivity (Wildman–Crippen MR) is 82.9 cm³/mol. The monoisotopic (exact) mass is 373 g/mol. The van der Waals surface area contributed by atoms with E-state index in [0.29, 0.717) is 0 Å². The summed E-state index contributed by atoms with van der Waals surface area (Å²) in [6, 6.07) is 2.49. The second kappa shape index (κ2) is 7.54. The van der Waals surface area contributed by atoms with Gasteiger partial charge in [0.2, 0.25) is 0 Å². The van der Waals surface area contributed by atoms with E-state index in [-0.39, 0.29) is 39.2 Å². The summed E-state index contributed by atoms with van der Waals surface area (Å²) in [6.45, 7) is 3.54. The van der Waals surface area contributed by atoms with Crippen molar-refractivity contribution in [2.75, 3.05) is 6.61 Å². The Morgan fingerprint density at radius 2 is 1.95 bits per heavy atom. The molecule has 0 bridgehead atoms. The Bertz CT molecular complexity index is 634. The first-order valence-electron chi connectivity index (χ1n) is 6.01. The van der Waals surface area contributed by atoms with Crippen molar-refractivity contribution in [3.05, 3.63) is 22.2 Å². The summed E-state index contributed by atoms with van der Waals surface area (Å²) >= 11 is 11.7. The van der Waals surface area contributed by atoms with Gasteiger partial charge in [-0.3, -0.25) is 4.79 Å². The van der Waals surface area contributed by atoms with Gasteiger partial charge in [0.1, 0.15) is 15.7 Å². The number of benzene rings is 1. The standard InChI is InChI=1S/C12H14Cl3NO4S/c1-3-7(2)16-10(17)6-20-8-4-5-9(21(15,18)19)12(14)11(8)13/h4-5,7H,3,6H2,1-2H3,(H,16,17). The van der Waals surface area contributed by atoms with Crippen molar-refractivity contribution in [1.82, 2.24) is 5.32 Å². The number of ether oxygens (including phenoxy) is 1. The van der Waals surface area contributed by atoms with Crippen LogP contribution in [0.1, 0.15) is 20.3 Å². The summed E-state index contributed by atoms with van der Waals surface area (Å²) in [7, 11) is 1.21. The van der Waals surface area contributed by atoms with Gasteiger partial charge in [-0.2, -0.15) is 0 Å². The van der Waals surface area contributed by atoms with Gasteiger partial charge < -0.3 is 10.1 Å². The van der Waals surface area contributed by atoms with Crippen molar-refractivity contribution in [2.24, 2.45) is 0 Å². The summed E-state index contributed by atoms with van der Waals surface area (Å²) in [4.78, 5) is 11.3. The van der Waals surface area contributed by atoms with Gasteiger partial charge in [-0.25, -0.2) is 8.42 Å². The molecule has 0 spiro atoms. The highest BCUT2D eigenvalue weighted by Crippen LogP contribution is 2.37. The molecule has 0 radical (unpaired) electrons. The molecule has 9 heteroatoms. The third-order valence-electron chi connectivity index (χ3n) is 2.65. The maximum Gasteiger partial charge on any atom is 0.262 e. The van der Waals surface area contributed by atoms with E-state index in [1.165, 1.54) is 12.1 Å². The van der Waals surface area contributed by atoms with Crippen LogP contribution in [0.3, 0.4) is 0 Å². The number of hydrogen-bond acceptors (Lipinski definition) is 4. The Kier molecular flexibility index (Phi) is 6.59. The summed E-state index contributed by atoms with van der Waals surface area (Å²) < 4.78 is 27.7. The third kappa shape index (κ3) is 5.21. The maximum atomic E-state index is 11.6. The zero-order valence-corrected chi connectivity index (χ0v) is 14.4. The number of amides is 1. The molecule has 1 unspecified atom stereocenters. The van der Waals surface area contributed by atoms with E-state index in [4.69, 9.17) is 38.6 Å². The number of halogens is 3. The number of rotatable bonds is 6. The second-order valence-electron chi connectivity index (χ2n) is 4.29. The Balaban J connectivity index is 2.83. The minimum atomic E-state index is -4.00. The molecule has 0 saturated heterocycles. The second-order valence-corrected chi connectivity index (χ2v) is 7.58. The lowest BCUT2D eigenvalue weighted by molar-refractivity contribution is -0.123. The summed E-state index contributed by atoms with van der Waals surface area (Å²) in [5.74, 6) is -0.212. The molecule has 0 aliphatic rings. The quantitative estimate of drug-likeness (QED) is 0.776. The van der Waals surface area contributed by atoms with E-state index in [9.17, 15) is 13.2 Å². The molecule has 0 aromatic heterocycles. The average Bonchev–Trinajstić information content (AvgIpc) is 2.38. The lowest BCUT2D eigenvalue weighted by Crippen LogP contribution is -2.35. The lowest BCUT2D eigenvalue weighted by Gasteiger charge is -2.13. The first-order chi connectivity index (χ1) is 9.66. The highest BCUT2D eigenvalue weighted by molar-refractivity contribution is 8.13. The molecule has 1 atom stereocenters. The Labute approximate surface area is 137 Å². The van der Waals surface area contributed by atoms with Crippen LogP contribution in [-0.4, -0.2) is 27.0 Å². The molecule has 0 heterocycles. The Hall–Kier alpha value is -0.690. The highest BCUT2D eigenvalue weighted by Gasteiger charge is 2.20. The van der Waals surface area contributed by atoms with Crippen LogP contribution in [0.4, 0.5) is 0 Å². The number of hydrogen-bond donors (Lipinski definition) is 1. The van der Waals surface area contributed by atoms with Gasteiger partial charge in [-0.05, 0) is 25.5 Å². The van der Waals surface area contributed by atoms with Gasteiger partial charge in [-0.1, -0.05) is 30.1 Å². The molecule has 0 aliphatic heterocycles. The molecule has 21 heavy (non-hydrogen) atoms. The molecule has 0 fully saturated rings. The fourth-order valence-corrected chi connectivity index (χ4v) is 3.16. The Morgan fingerprint density at radius 3 is 2.48 bits per heavy atom. The predicted octanol–water partition coefficient (Wildman–Crippen LogP) is 3.21. The molecular formula is C12H14Cl3NO4S. The molecule has 1 rings (SSSR count). The van der Waals surface area contributed by atoms with Crippen LogP contribution in [0.5, 0.6) is 5.75 Å². The van der Waals surface area contributed by atoms with E-state index in [1.54, 1.807) is 0 Å².